The Hall–Kier alpha value is -1.60. The average molecular weight is 382 g/mol. The van der Waals surface area contributed by atoms with Crippen LogP contribution in [0.15, 0.2) is 29.2 Å². The molecule has 0 saturated heterocycles. The van der Waals surface area contributed by atoms with E-state index in [0.29, 0.717) is 18.2 Å². The van der Waals surface area contributed by atoms with Crippen molar-refractivity contribution in [1.82, 2.24) is 5.32 Å². The third kappa shape index (κ3) is 6.61. The van der Waals surface area contributed by atoms with E-state index in [9.17, 15) is 13.2 Å². The third-order valence-electron chi connectivity index (χ3n) is 4.91. The van der Waals surface area contributed by atoms with E-state index in [1.54, 1.807) is 24.3 Å². The van der Waals surface area contributed by atoms with Crippen molar-refractivity contribution >= 4 is 21.4 Å². The first-order valence-electron chi connectivity index (χ1n) is 9.35. The molecule has 4 N–H and O–H groups in total. The Kier molecular flexibility index (Phi) is 7.46. The number of anilines is 1. The van der Waals surface area contributed by atoms with Crippen LogP contribution in [0.4, 0.5) is 5.69 Å². The van der Waals surface area contributed by atoms with E-state index in [-0.39, 0.29) is 16.8 Å². The number of amides is 1. The van der Waals surface area contributed by atoms with Gasteiger partial charge < -0.3 is 16.4 Å². The molecule has 1 amide bonds. The molecule has 2 rings (SSSR count). The summed E-state index contributed by atoms with van der Waals surface area (Å²) in [5.74, 6) is 0.450. The number of rotatable bonds is 8. The molecule has 1 fully saturated rings. The molecule has 1 aliphatic rings. The molecular weight excluding hydrogens is 350 g/mol. The summed E-state index contributed by atoms with van der Waals surface area (Å²) in [5.41, 5.74) is 6.78. The van der Waals surface area contributed by atoms with E-state index in [4.69, 9.17) is 5.73 Å². The second-order valence-electron chi connectivity index (χ2n) is 7.44. The highest BCUT2D eigenvalue weighted by atomic mass is 32.2. The minimum atomic E-state index is -3.23. The number of hydrogen-bond donors (Lipinski definition) is 3. The largest absolute Gasteiger partial charge is 0.383 e. The summed E-state index contributed by atoms with van der Waals surface area (Å²) in [5, 5.41) is 6.10. The Bertz CT molecular complexity index is 700. The van der Waals surface area contributed by atoms with Gasteiger partial charge >= 0.3 is 0 Å². The van der Waals surface area contributed by atoms with Gasteiger partial charge in [-0.05, 0) is 37.5 Å². The van der Waals surface area contributed by atoms with Crippen molar-refractivity contribution < 1.29 is 13.2 Å². The van der Waals surface area contributed by atoms with Gasteiger partial charge in [0, 0.05) is 24.5 Å². The maximum absolute atomic E-state index is 12.3. The van der Waals surface area contributed by atoms with Gasteiger partial charge in [-0.25, -0.2) is 8.42 Å². The average Bonchev–Trinajstić information content (AvgIpc) is 2.60. The van der Waals surface area contributed by atoms with Gasteiger partial charge in [-0.1, -0.05) is 38.2 Å². The number of carbonyl (C=O) groups excluding carboxylic acids is 1. The van der Waals surface area contributed by atoms with Gasteiger partial charge in [0.25, 0.3) is 0 Å². The summed E-state index contributed by atoms with van der Waals surface area (Å²) >= 11 is 0. The molecule has 1 aliphatic carbocycles. The van der Waals surface area contributed by atoms with Crippen LogP contribution >= 0.6 is 0 Å². The van der Waals surface area contributed by atoms with E-state index < -0.39 is 15.9 Å². The lowest BCUT2D eigenvalue weighted by atomic mass is 9.85. The number of nitrogens with one attached hydrogen (secondary N) is 2. The van der Waals surface area contributed by atoms with Crippen molar-refractivity contribution in [2.45, 2.75) is 62.4 Å². The fraction of sp³-hybridized carbons (Fsp3) is 0.632. The Morgan fingerprint density at radius 3 is 2.62 bits per heavy atom. The number of hydrogen-bond acceptors (Lipinski definition) is 5. The molecule has 0 heterocycles. The summed E-state index contributed by atoms with van der Waals surface area (Å²) in [6.45, 7) is 2.40. The van der Waals surface area contributed by atoms with Crippen molar-refractivity contribution in [2.75, 3.05) is 18.1 Å². The number of carbonyl (C=O) groups is 1. The standard InChI is InChI=1S/C19H31N3O3S/c1-14(13-21-16-9-6-10-17(12-16)26(2,24)25)22-19(23)18(20)11-15-7-4-3-5-8-15/h6,9-10,12,14-15,18,21H,3-5,7-8,11,13,20H2,1-2H3,(H,22,23)/t14-,18-/m0/s1. The molecule has 26 heavy (non-hydrogen) atoms. The van der Waals surface area contributed by atoms with Crippen LogP contribution in [0.5, 0.6) is 0 Å². The molecule has 0 unspecified atom stereocenters. The van der Waals surface area contributed by atoms with Gasteiger partial charge in [0.1, 0.15) is 0 Å². The lowest BCUT2D eigenvalue weighted by molar-refractivity contribution is -0.123. The van der Waals surface area contributed by atoms with Crippen LogP contribution in [0.25, 0.3) is 0 Å². The van der Waals surface area contributed by atoms with Gasteiger partial charge in [-0.15, -0.1) is 0 Å². The highest BCUT2D eigenvalue weighted by Gasteiger charge is 2.22. The van der Waals surface area contributed by atoms with E-state index in [0.717, 1.165) is 6.42 Å². The van der Waals surface area contributed by atoms with Crippen LogP contribution in [-0.2, 0) is 14.6 Å². The molecule has 0 bridgehead atoms. The van der Waals surface area contributed by atoms with Crippen molar-refractivity contribution in [3.05, 3.63) is 24.3 Å². The molecule has 0 radical (unpaired) electrons. The Morgan fingerprint density at radius 1 is 1.27 bits per heavy atom. The minimum absolute atomic E-state index is 0.109. The molecule has 7 heteroatoms. The van der Waals surface area contributed by atoms with Crippen molar-refractivity contribution in [3.63, 3.8) is 0 Å². The van der Waals surface area contributed by atoms with Gasteiger partial charge in [0.2, 0.25) is 5.91 Å². The second-order valence-corrected chi connectivity index (χ2v) is 9.45. The molecule has 0 aliphatic heterocycles. The van der Waals surface area contributed by atoms with Crippen LogP contribution in [0.3, 0.4) is 0 Å². The summed E-state index contributed by atoms with van der Waals surface area (Å²) in [7, 11) is -3.23. The zero-order valence-electron chi connectivity index (χ0n) is 15.7. The highest BCUT2D eigenvalue weighted by molar-refractivity contribution is 7.90. The summed E-state index contributed by atoms with van der Waals surface area (Å²) < 4.78 is 23.2. The zero-order valence-corrected chi connectivity index (χ0v) is 16.5. The maximum atomic E-state index is 12.3. The summed E-state index contributed by atoms with van der Waals surface area (Å²) in [6.07, 6.45) is 8.06. The maximum Gasteiger partial charge on any atom is 0.237 e. The molecule has 0 aromatic heterocycles. The highest BCUT2D eigenvalue weighted by Crippen LogP contribution is 2.27. The summed E-state index contributed by atoms with van der Waals surface area (Å²) in [6, 6.07) is 6.09. The zero-order chi connectivity index (χ0) is 19.2. The Morgan fingerprint density at radius 2 is 1.96 bits per heavy atom. The quantitative estimate of drug-likeness (QED) is 0.641. The number of nitrogens with two attached hydrogens (primary N) is 1. The smallest absolute Gasteiger partial charge is 0.237 e. The van der Waals surface area contributed by atoms with Crippen LogP contribution in [0, 0.1) is 5.92 Å². The molecule has 2 atom stereocenters. The first-order chi connectivity index (χ1) is 12.3. The van der Waals surface area contributed by atoms with Crippen molar-refractivity contribution in [2.24, 2.45) is 11.7 Å². The molecule has 1 saturated carbocycles. The van der Waals surface area contributed by atoms with Gasteiger partial charge in [0.05, 0.1) is 10.9 Å². The van der Waals surface area contributed by atoms with Crippen LogP contribution in [0.1, 0.15) is 45.4 Å². The van der Waals surface area contributed by atoms with Crippen molar-refractivity contribution in [3.8, 4) is 0 Å². The normalized spacial score (nSPS) is 18.1. The topological polar surface area (TPSA) is 101 Å². The molecule has 0 spiro atoms. The SMILES string of the molecule is C[C@@H](CNc1cccc(S(C)(=O)=O)c1)NC(=O)[C@@H](N)CC1CCCCC1. The van der Waals surface area contributed by atoms with Crippen LogP contribution in [-0.4, -0.2) is 39.2 Å². The van der Waals surface area contributed by atoms with E-state index in [1.807, 2.05) is 6.92 Å². The lowest BCUT2D eigenvalue weighted by Gasteiger charge is -2.25. The number of sulfone groups is 1. The predicted molar refractivity (Wildman–Crippen MR) is 105 cm³/mol. The first kappa shape index (κ1) is 20.7. The van der Waals surface area contributed by atoms with Crippen molar-refractivity contribution in [1.29, 1.82) is 0 Å². The summed E-state index contributed by atoms with van der Waals surface area (Å²) in [4.78, 5) is 12.6. The fourth-order valence-corrected chi connectivity index (χ4v) is 4.06. The van der Waals surface area contributed by atoms with Crippen LogP contribution in [0.2, 0.25) is 0 Å². The molecule has 1 aromatic carbocycles. The van der Waals surface area contributed by atoms with Gasteiger partial charge in [-0.3, -0.25) is 4.79 Å². The third-order valence-corrected chi connectivity index (χ3v) is 6.02. The van der Waals surface area contributed by atoms with Crippen LogP contribution < -0.4 is 16.4 Å². The van der Waals surface area contributed by atoms with E-state index in [1.165, 1.54) is 38.4 Å². The van der Waals surface area contributed by atoms with Gasteiger partial charge in [-0.2, -0.15) is 0 Å². The monoisotopic (exact) mass is 381 g/mol. The van der Waals surface area contributed by atoms with Gasteiger partial charge in [0.15, 0.2) is 9.84 Å². The molecule has 1 aromatic rings. The van der Waals surface area contributed by atoms with E-state index in [2.05, 4.69) is 10.6 Å². The molecular formula is C19H31N3O3S. The molecule has 6 nitrogen and oxygen atoms in total. The minimum Gasteiger partial charge on any atom is -0.383 e. The first-order valence-corrected chi connectivity index (χ1v) is 11.2. The fourth-order valence-electron chi connectivity index (χ4n) is 3.40. The Labute approximate surface area is 156 Å². The Balaban J connectivity index is 1.79. The second kappa shape index (κ2) is 9.37. The lowest BCUT2D eigenvalue weighted by Crippen LogP contribution is -2.47. The molecule has 146 valence electrons. The predicted octanol–water partition coefficient (Wildman–Crippen LogP) is 2.30. The van der Waals surface area contributed by atoms with E-state index >= 15 is 0 Å². The number of benzene rings is 1.